The molecule has 0 aromatic heterocycles. The third kappa shape index (κ3) is 4.74. The standard InChI is InChI=1S/C22H26N4O3/c1-15-14-18(21(28)23-3)6-9-20(15)24-22(29)26-12-10-25(11-13-26)19-7-4-17(5-8-19)16(2)27/h4-9,14H,10-13H2,1-3H3,(H,23,28)(H,24,29). The minimum atomic E-state index is -0.154. The van der Waals surface area contributed by atoms with Gasteiger partial charge in [0, 0.05) is 55.7 Å². The molecule has 7 heteroatoms. The Morgan fingerprint density at radius 2 is 1.52 bits per heavy atom. The van der Waals surface area contributed by atoms with E-state index in [0.717, 1.165) is 24.3 Å². The van der Waals surface area contributed by atoms with Gasteiger partial charge in [-0.05, 0) is 61.9 Å². The molecule has 1 aliphatic rings. The van der Waals surface area contributed by atoms with Crippen LogP contribution in [0.2, 0.25) is 0 Å². The van der Waals surface area contributed by atoms with Crippen molar-refractivity contribution >= 4 is 29.1 Å². The minimum Gasteiger partial charge on any atom is -0.368 e. The number of urea groups is 1. The van der Waals surface area contributed by atoms with Crippen molar-refractivity contribution in [3.8, 4) is 0 Å². The lowest BCUT2D eigenvalue weighted by Crippen LogP contribution is -2.50. The van der Waals surface area contributed by atoms with Gasteiger partial charge in [-0.25, -0.2) is 4.79 Å². The van der Waals surface area contributed by atoms with E-state index in [-0.39, 0.29) is 17.7 Å². The molecule has 152 valence electrons. The third-order valence-electron chi connectivity index (χ3n) is 5.16. The van der Waals surface area contributed by atoms with E-state index in [1.165, 1.54) is 0 Å². The number of hydrogen-bond acceptors (Lipinski definition) is 4. The van der Waals surface area contributed by atoms with Crippen LogP contribution in [0.15, 0.2) is 42.5 Å². The number of nitrogens with one attached hydrogen (secondary N) is 2. The van der Waals surface area contributed by atoms with Gasteiger partial charge in [0.25, 0.3) is 5.91 Å². The SMILES string of the molecule is CNC(=O)c1ccc(NC(=O)N2CCN(c3ccc(C(C)=O)cc3)CC2)c(C)c1. The molecule has 0 spiro atoms. The topological polar surface area (TPSA) is 81.8 Å². The molecule has 0 aliphatic carbocycles. The Morgan fingerprint density at radius 3 is 2.07 bits per heavy atom. The van der Waals surface area contributed by atoms with Crippen LogP contribution in [0.25, 0.3) is 0 Å². The van der Waals surface area contributed by atoms with Crippen molar-refractivity contribution in [2.75, 3.05) is 43.4 Å². The lowest BCUT2D eigenvalue weighted by atomic mass is 10.1. The van der Waals surface area contributed by atoms with Gasteiger partial charge in [0.05, 0.1) is 0 Å². The summed E-state index contributed by atoms with van der Waals surface area (Å²) in [6.07, 6.45) is 0. The van der Waals surface area contributed by atoms with Crippen LogP contribution in [0.4, 0.5) is 16.2 Å². The number of ketones is 1. The Kier molecular flexibility index (Phi) is 6.16. The van der Waals surface area contributed by atoms with Gasteiger partial charge in [-0.15, -0.1) is 0 Å². The van der Waals surface area contributed by atoms with Crippen molar-refractivity contribution in [2.45, 2.75) is 13.8 Å². The first kappa shape index (κ1) is 20.4. The van der Waals surface area contributed by atoms with E-state index < -0.39 is 0 Å². The van der Waals surface area contributed by atoms with Crippen LogP contribution in [0.5, 0.6) is 0 Å². The summed E-state index contributed by atoms with van der Waals surface area (Å²) >= 11 is 0. The fourth-order valence-corrected chi connectivity index (χ4v) is 3.36. The zero-order valence-electron chi connectivity index (χ0n) is 17.0. The number of carbonyl (C=O) groups is 3. The van der Waals surface area contributed by atoms with Crippen molar-refractivity contribution in [3.63, 3.8) is 0 Å². The quantitative estimate of drug-likeness (QED) is 0.782. The zero-order valence-corrected chi connectivity index (χ0v) is 17.0. The second-order valence-electron chi connectivity index (χ2n) is 7.12. The number of benzene rings is 2. The van der Waals surface area contributed by atoms with Crippen LogP contribution in [-0.4, -0.2) is 55.8 Å². The predicted molar refractivity (Wildman–Crippen MR) is 114 cm³/mol. The number of hydrogen-bond donors (Lipinski definition) is 2. The summed E-state index contributed by atoms with van der Waals surface area (Å²) in [6, 6.07) is 12.6. The summed E-state index contributed by atoms with van der Waals surface area (Å²) in [7, 11) is 1.59. The van der Waals surface area contributed by atoms with Crippen molar-refractivity contribution in [1.82, 2.24) is 10.2 Å². The van der Waals surface area contributed by atoms with Crippen molar-refractivity contribution in [2.24, 2.45) is 0 Å². The molecule has 2 aromatic carbocycles. The largest absolute Gasteiger partial charge is 0.368 e. The molecule has 1 saturated heterocycles. The average molecular weight is 394 g/mol. The normalized spacial score (nSPS) is 13.8. The lowest BCUT2D eigenvalue weighted by molar-refractivity contribution is 0.0961. The molecule has 1 aliphatic heterocycles. The summed E-state index contributed by atoms with van der Waals surface area (Å²) in [6.45, 7) is 6.08. The maximum absolute atomic E-state index is 12.6. The fourth-order valence-electron chi connectivity index (χ4n) is 3.36. The van der Waals surface area contributed by atoms with Gasteiger partial charge in [0.1, 0.15) is 0 Å². The molecule has 2 N–H and O–H groups in total. The highest BCUT2D eigenvalue weighted by molar-refractivity contribution is 5.96. The molecular weight excluding hydrogens is 368 g/mol. The van der Waals surface area contributed by atoms with Crippen LogP contribution in [0.3, 0.4) is 0 Å². The minimum absolute atomic E-state index is 0.0525. The van der Waals surface area contributed by atoms with E-state index in [0.29, 0.717) is 29.9 Å². The van der Waals surface area contributed by atoms with Gasteiger partial charge >= 0.3 is 6.03 Å². The first-order valence-corrected chi connectivity index (χ1v) is 9.63. The van der Waals surface area contributed by atoms with E-state index in [9.17, 15) is 14.4 Å². The van der Waals surface area contributed by atoms with Gasteiger partial charge in [0.15, 0.2) is 5.78 Å². The van der Waals surface area contributed by atoms with E-state index in [1.54, 1.807) is 37.1 Å². The molecule has 0 bridgehead atoms. The Morgan fingerprint density at radius 1 is 0.897 bits per heavy atom. The van der Waals surface area contributed by atoms with Gasteiger partial charge in [-0.2, -0.15) is 0 Å². The second-order valence-corrected chi connectivity index (χ2v) is 7.12. The first-order chi connectivity index (χ1) is 13.9. The number of amides is 3. The lowest BCUT2D eigenvalue weighted by Gasteiger charge is -2.36. The van der Waals surface area contributed by atoms with E-state index in [4.69, 9.17) is 0 Å². The van der Waals surface area contributed by atoms with Gasteiger partial charge in [-0.1, -0.05) is 0 Å². The summed E-state index contributed by atoms with van der Waals surface area (Å²) in [5.41, 5.74) is 3.85. The summed E-state index contributed by atoms with van der Waals surface area (Å²) in [4.78, 5) is 39.8. The molecule has 2 aromatic rings. The maximum Gasteiger partial charge on any atom is 0.321 e. The second kappa shape index (κ2) is 8.77. The average Bonchev–Trinajstić information content (AvgIpc) is 2.74. The molecule has 0 atom stereocenters. The number of anilines is 2. The zero-order chi connectivity index (χ0) is 21.0. The van der Waals surface area contributed by atoms with Gasteiger partial charge in [-0.3, -0.25) is 9.59 Å². The molecule has 3 amide bonds. The number of nitrogens with zero attached hydrogens (tertiary/aromatic N) is 2. The molecule has 1 fully saturated rings. The van der Waals surface area contributed by atoms with E-state index in [1.807, 2.05) is 31.2 Å². The highest BCUT2D eigenvalue weighted by Crippen LogP contribution is 2.20. The van der Waals surface area contributed by atoms with Crippen molar-refractivity contribution in [3.05, 3.63) is 59.2 Å². The number of piperazine rings is 1. The van der Waals surface area contributed by atoms with Crippen molar-refractivity contribution in [1.29, 1.82) is 0 Å². The predicted octanol–water partition coefficient (Wildman–Crippen LogP) is 2.91. The van der Waals surface area contributed by atoms with Gasteiger partial charge in [0.2, 0.25) is 0 Å². The first-order valence-electron chi connectivity index (χ1n) is 9.63. The Bertz CT molecular complexity index is 916. The van der Waals surface area contributed by atoms with E-state index in [2.05, 4.69) is 15.5 Å². The molecule has 29 heavy (non-hydrogen) atoms. The highest BCUT2D eigenvalue weighted by Gasteiger charge is 2.22. The molecule has 3 rings (SSSR count). The van der Waals surface area contributed by atoms with Crippen LogP contribution in [0.1, 0.15) is 33.2 Å². The smallest absolute Gasteiger partial charge is 0.321 e. The number of rotatable bonds is 4. The third-order valence-corrected chi connectivity index (χ3v) is 5.16. The van der Waals surface area contributed by atoms with Gasteiger partial charge < -0.3 is 20.4 Å². The monoisotopic (exact) mass is 394 g/mol. The van der Waals surface area contributed by atoms with Crippen LogP contribution < -0.4 is 15.5 Å². The highest BCUT2D eigenvalue weighted by atomic mass is 16.2. The number of carbonyl (C=O) groups excluding carboxylic acids is 3. The van der Waals surface area contributed by atoms with Crippen LogP contribution >= 0.6 is 0 Å². The van der Waals surface area contributed by atoms with Crippen LogP contribution in [0, 0.1) is 6.92 Å². The molecule has 7 nitrogen and oxygen atoms in total. The summed E-state index contributed by atoms with van der Waals surface area (Å²) < 4.78 is 0. The molecule has 0 radical (unpaired) electrons. The fraction of sp³-hybridized carbons (Fsp3) is 0.318. The Labute approximate surface area is 170 Å². The van der Waals surface area contributed by atoms with Crippen molar-refractivity contribution < 1.29 is 14.4 Å². The molecule has 1 heterocycles. The Hall–Kier alpha value is -3.35. The molecule has 0 unspecified atom stereocenters. The summed E-state index contributed by atoms with van der Waals surface area (Å²) in [5, 5.41) is 5.53. The molecule has 0 saturated carbocycles. The van der Waals surface area contributed by atoms with Crippen LogP contribution in [-0.2, 0) is 0 Å². The summed E-state index contributed by atoms with van der Waals surface area (Å²) in [5.74, 6) is -0.102. The van der Waals surface area contributed by atoms with E-state index >= 15 is 0 Å². The maximum atomic E-state index is 12.6. The molecular formula is C22H26N4O3. The number of Topliss-reactive ketones (excluding diaryl/α,β-unsaturated/α-hetero) is 1. The number of aryl methyl sites for hydroxylation is 1. The Balaban J connectivity index is 1.57.